The normalized spacial score (nSPS) is 12.8. The molecule has 1 amide bonds. The minimum atomic E-state index is -3.98. The lowest BCUT2D eigenvalue weighted by molar-refractivity contribution is -0.148. The van der Waals surface area contributed by atoms with E-state index in [1.165, 1.54) is 55.5 Å². The summed E-state index contributed by atoms with van der Waals surface area (Å²) in [6.45, 7) is 0.622. The van der Waals surface area contributed by atoms with Crippen LogP contribution in [0.4, 0.5) is 5.69 Å². The molecule has 9 nitrogen and oxygen atoms in total. The number of hydrogen-bond donors (Lipinski definition) is 2. The number of sulfone groups is 1. The van der Waals surface area contributed by atoms with Gasteiger partial charge >= 0.3 is 5.97 Å². The zero-order valence-electron chi connectivity index (χ0n) is 16.0. The summed E-state index contributed by atoms with van der Waals surface area (Å²) in [7, 11) is -7.34. The molecule has 1 atom stereocenters. The van der Waals surface area contributed by atoms with Crippen molar-refractivity contribution in [2.75, 3.05) is 18.2 Å². The Morgan fingerprint density at radius 2 is 1.50 bits per heavy atom. The summed E-state index contributed by atoms with van der Waals surface area (Å²) in [6.07, 6.45) is 1.06. The van der Waals surface area contributed by atoms with E-state index >= 15 is 0 Å². The van der Waals surface area contributed by atoms with Crippen LogP contribution in [0.15, 0.2) is 58.3 Å². The number of sulfonamides is 1. The fourth-order valence-corrected chi connectivity index (χ4v) is 4.16. The first-order valence-corrected chi connectivity index (χ1v) is 12.2. The van der Waals surface area contributed by atoms with Gasteiger partial charge in [-0.05, 0) is 55.5 Å². The van der Waals surface area contributed by atoms with Crippen LogP contribution in [0.1, 0.15) is 6.92 Å². The second-order valence-electron chi connectivity index (χ2n) is 6.25. The third kappa shape index (κ3) is 6.80. The van der Waals surface area contributed by atoms with Gasteiger partial charge in [0.15, 0.2) is 16.4 Å². The maximum Gasteiger partial charge on any atom is 0.324 e. The summed E-state index contributed by atoms with van der Waals surface area (Å²) in [5, 5.41) is 2.79. The first kappa shape index (κ1) is 23.8. The Bertz CT molecular complexity index is 1130. The number of esters is 1. The molecule has 30 heavy (non-hydrogen) atoms. The van der Waals surface area contributed by atoms with Crippen molar-refractivity contribution in [3.63, 3.8) is 0 Å². The molecular formula is C18H19ClN2O7S2. The van der Waals surface area contributed by atoms with Crippen LogP contribution in [0.25, 0.3) is 0 Å². The molecule has 0 aliphatic rings. The highest BCUT2D eigenvalue weighted by Crippen LogP contribution is 2.15. The second-order valence-corrected chi connectivity index (χ2v) is 10.4. The Labute approximate surface area is 179 Å². The van der Waals surface area contributed by atoms with E-state index in [4.69, 9.17) is 16.3 Å². The number of halogens is 1. The lowest BCUT2D eigenvalue weighted by Crippen LogP contribution is -2.40. The molecule has 0 fully saturated rings. The zero-order valence-corrected chi connectivity index (χ0v) is 18.3. The zero-order chi connectivity index (χ0) is 22.5. The summed E-state index contributed by atoms with van der Waals surface area (Å²) in [6, 6.07) is 9.54. The van der Waals surface area contributed by atoms with Crippen LogP contribution in [0, 0.1) is 0 Å². The Kier molecular flexibility index (Phi) is 7.59. The van der Waals surface area contributed by atoms with Gasteiger partial charge in [-0.25, -0.2) is 16.8 Å². The predicted molar refractivity (Wildman–Crippen MR) is 110 cm³/mol. The largest absolute Gasteiger partial charge is 0.454 e. The van der Waals surface area contributed by atoms with Crippen molar-refractivity contribution < 1.29 is 31.2 Å². The first-order valence-electron chi connectivity index (χ1n) is 8.43. The standard InChI is InChI=1S/C18H19ClN2O7S2/c1-12(21-30(26,27)16-7-3-13(19)4-8-16)18(23)28-11-17(22)20-14-5-9-15(10-6-14)29(2,24)25/h3-10,12,21H,11H2,1-2H3,(H,20,22)/t12-/m0/s1. The Morgan fingerprint density at radius 1 is 0.967 bits per heavy atom. The molecule has 0 aromatic heterocycles. The fraction of sp³-hybridized carbons (Fsp3) is 0.222. The molecule has 0 radical (unpaired) electrons. The molecule has 0 heterocycles. The van der Waals surface area contributed by atoms with Gasteiger partial charge in [0, 0.05) is 17.0 Å². The van der Waals surface area contributed by atoms with E-state index in [0.29, 0.717) is 10.7 Å². The minimum Gasteiger partial charge on any atom is -0.454 e. The van der Waals surface area contributed by atoms with Gasteiger partial charge in [0.25, 0.3) is 5.91 Å². The Hall–Kier alpha value is -2.47. The van der Waals surface area contributed by atoms with Crippen molar-refractivity contribution in [1.82, 2.24) is 4.72 Å². The van der Waals surface area contributed by atoms with E-state index in [-0.39, 0.29) is 9.79 Å². The summed E-state index contributed by atoms with van der Waals surface area (Å²) >= 11 is 5.72. The van der Waals surface area contributed by atoms with Gasteiger partial charge in [0.05, 0.1) is 9.79 Å². The van der Waals surface area contributed by atoms with Gasteiger partial charge in [-0.3, -0.25) is 9.59 Å². The number of anilines is 1. The molecule has 0 saturated heterocycles. The highest BCUT2D eigenvalue weighted by Gasteiger charge is 2.23. The number of amides is 1. The summed E-state index contributed by atoms with van der Waals surface area (Å²) in [4.78, 5) is 23.9. The molecule has 2 aromatic carbocycles. The van der Waals surface area contributed by atoms with Crippen LogP contribution in [0.3, 0.4) is 0 Å². The number of rotatable bonds is 8. The van der Waals surface area contributed by atoms with Gasteiger partial charge in [-0.15, -0.1) is 0 Å². The number of ether oxygens (including phenoxy) is 1. The first-order chi connectivity index (χ1) is 13.9. The topological polar surface area (TPSA) is 136 Å². The fourth-order valence-electron chi connectivity index (χ4n) is 2.21. The summed E-state index contributed by atoms with van der Waals surface area (Å²) in [5.41, 5.74) is 0.305. The third-order valence-electron chi connectivity index (χ3n) is 3.72. The monoisotopic (exact) mass is 474 g/mol. The van der Waals surface area contributed by atoms with E-state index in [1.54, 1.807) is 0 Å². The van der Waals surface area contributed by atoms with Crippen LogP contribution in [0.2, 0.25) is 5.02 Å². The molecule has 0 bridgehead atoms. The number of hydrogen-bond acceptors (Lipinski definition) is 7. The van der Waals surface area contributed by atoms with E-state index in [9.17, 15) is 26.4 Å². The molecule has 162 valence electrons. The van der Waals surface area contributed by atoms with E-state index in [1.807, 2.05) is 0 Å². The van der Waals surface area contributed by atoms with E-state index in [0.717, 1.165) is 6.26 Å². The highest BCUT2D eigenvalue weighted by atomic mass is 35.5. The van der Waals surface area contributed by atoms with E-state index in [2.05, 4.69) is 10.0 Å². The number of carbonyl (C=O) groups is 2. The van der Waals surface area contributed by atoms with Crippen molar-refractivity contribution in [3.05, 3.63) is 53.6 Å². The van der Waals surface area contributed by atoms with Crippen molar-refractivity contribution >= 4 is 49.0 Å². The average Bonchev–Trinajstić information content (AvgIpc) is 2.65. The molecule has 12 heteroatoms. The van der Waals surface area contributed by atoms with Gasteiger partial charge in [0.1, 0.15) is 6.04 Å². The van der Waals surface area contributed by atoms with Crippen LogP contribution < -0.4 is 10.0 Å². The lowest BCUT2D eigenvalue weighted by atomic mass is 10.3. The van der Waals surface area contributed by atoms with Gasteiger partial charge < -0.3 is 10.1 Å². The van der Waals surface area contributed by atoms with Crippen molar-refractivity contribution in [1.29, 1.82) is 0 Å². The second kappa shape index (κ2) is 9.56. The summed E-state index contributed by atoms with van der Waals surface area (Å²) in [5.74, 6) is -1.63. The maximum absolute atomic E-state index is 12.3. The maximum atomic E-state index is 12.3. The van der Waals surface area contributed by atoms with Crippen molar-refractivity contribution in [2.45, 2.75) is 22.8 Å². The SMILES string of the molecule is C[C@H](NS(=O)(=O)c1ccc(Cl)cc1)C(=O)OCC(=O)Nc1ccc(S(C)(=O)=O)cc1. The Balaban J connectivity index is 1.88. The average molecular weight is 475 g/mol. The summed E-state index contributed by atoms with van der Waals surface area (Å²) < 4.78 is 54.3. The molecule has 2 rings (SSSR count). The van der Waals surface area contributed by atoms with Crippen LogP contribution in [-0.2, 0) is 34.2 Å². The number of nitrogens with one attached hydrogen (secondary N) is 2. The van der Waals surface area contributed by atoms with Gasteiger partial charge in [0.2, 0.25) is 10.0 Å². The lowest BCUT2D eigenvalue weighted by Gasteiger charge is -2.14. The predicted octanol–water partition coefficient (Wildman–Crippen LogP) is 1.59. The highest BCUT2D eigenvalue weighted by molar-refractivity contribution is 7.90. The molecule has 0 saturated carbocycles. The van der Waals surface area contributed by atoms with Crippen LogP contribution in [-0.4, -0.2) is 47.6 Å². The van der Waals surface area contributed by atoms with Gasteiger partial charge in [-0.2, -0.15) is 4.72 Å². The molecule has 0 aliphatic heterocycles. The number of carbonyl (C=O) groups excluding carboxylic acids is 2. The molecule has 2 N–H and O–H groups in total. The van der Waals surface area contributed by atoms with Crippen molar-refractivity contribution in [2.24, 2.45) is 0 Å². The van der Waals surface area contributed by atoms with Crippen molar-refractivity contribution in [3.8, 4) is 0 Å². The minimum absolute atomic E-state index is 0.0816. The number of benzene rings is 2. The Morgan fingerprint density at radius 3 is 2.03 bits per heavy atom. The van der Waals surface area contributed by atoms with E-state index < -0.39 is 44.4 Å². The van der Waals surface area contributed by atoms with Crippen LogP contribution in [0.5, 0.6) is 0 Å². The molecular weight excluding hydrogens is 456 g/mol. The third-order valence-corrected chi connectivity index (χ3v) is 6.66. The molecule has 0 unspecified atom stereocenters. The van der Waals surface area contributed by atoms with Crippen LogP contribution >= 0.6 is 11.6 Å². The molecule has 0 spiro atoms. The van der Waals surface area contributed by atoms with Gasteiger partial charge in [-0.1, -0.05) is 11.6 Å². The quantitative estimate of drug-likeness (QED) is 0.554. The molecule has 2 aromatic rings. The smallest absolute Gasteiger partial charge is 0.324 e. The molecule has 0 aliphatic carbocycles.